The van der Waals surface area contributed by atoms with Gasteiger partial charge < -0.3 is 24.0 Å². The number of piperidine rings is 1. The molecule has 2 fully saturated rings. The quantitative estimate of drug-likeness (QED) is 0.184. The lowest BCUT2D eigenvalue weighted by atomic mass is 10.00. The highest BCUT2D eigenvalue weighted by atomic mass is 19.1. The fraction of sp³-hybridized carbons (Fsp3) is 0.359. The van der Waals surface area contributed by atoms with Crippen LogP contribution in [-0.4, -0.2) is 71.2 Å². The van der Waals surface area contributed by atoms with Crippen LogP contribution < -0.4 is 14.4 Å². The molecular formula is C39H42F2N4O5. The van der Waals surface area contributed by atoms with Crippen molar-refractivity contribution in [3.8, 4) is 22.9 Å². The number of carbonyl (C=O) groups excluding carboxylic acids is 2. The lowest BCUT2D eigenvalue weighted by Crippen LogP contribution is -2.57. The Morgan fingerprint density at radius 3 is 2.00 bits per heavy atom. The third-order valence-corrected chi connectivity index (χ3v) is 8.76. The largest absolute Gasteiger partial charge is 0.473 e. The average molecular weight is 685 g/mol. The summed E-state index contributed by atoms with van der Waals surface area (Å²) in [5.41, 5.74) is 1.56. The normalized spacial score (nSPS) is 15.6. The van der Waals surface area contributed by atoms with Gasteiger partial charge in [-0.15, -0.1) is 0 Å². The number of nitrogens with zero attached hydrogens (tertiary/aromatic N) is 4. The van der Waals surface area contributed by atoms with Gasteiger partial charge in [-0.05, 0) is 62.9 Å². The number of ether oxygens (including phenoxy) is 3. The molecule has 0 spiro atoms. The van der Waals surface area contributed by atoms with Crippen LogP contribution in [0.15, 0.2) is 84.9 Å². The number of halogens is 2. The number of rotatable bonds is 9. The Morgan fingerprint density at radius 1 is 0.820 bits per heavy atom. The van der Waals surface area contributed by atoms with Crippen LogP contribution in [-0.2, 0) is 22.7 Å². The number of amides is 2. The topological polar surface area (TPSA) is 84.4 Å². The minimum atomic E-state index is -0.736. The van der Waals surface area contributed by atoms with Gasteiger partial charge in [-0.3, -0.25) is 9.69 Å². The van der Waals surface area contributed by atoms with E-state index in [0.717, 1.165) is 11.1 Å². The summed E-state index contributed by atoms with van der Waals surface area (Å²) in [6.45, 7) is 7.61. The van der Waals surface area contributed by atoms with Crippen LogP contribution in [0.1, 0.15) is 44.7 Å². The standard InChI is InChI=1S/C39H42F2N4O5/c1-39(2,3)50-38(47)44-20-21-45(35(46)24-44)29-16-18-43(19-17-29)30-22-32(40)36(33(41)23-30)31-14-15-34(48-25-27-10-6-4-7-11-27)42-37(31)49-26-28-12-8-5-9-13-28/h4-15,22-23,29H,16-21,24-26H2,1-3H3. The van der Waals surface area contributed by atoms with Crippen LogP contribution in [0, 0.1) is 11.6 Å². The number of benzene rings is 3. The number of aromatic nitrogens is 1. The molecule has 0 bridgehead atoms. The summed E-state index contributed by atoms with van der Waals surface area (Å²) in [6, 6.07) is 24.9. The first kappa shape index (κ1) is 34.7. The lowest BCUT2D eigenvalue weighted by molar-refractivity contribution is -0.139. The van der Waals surface area contributed by atoms with E-state index < -0.39 is 23.3 Å². The predicted molar refractivity (Wildman–Crippen MR) is 186 cm³/mol. The SMILES string of the molecule is CC(C)(C)OC(=O)N1CCN(C2CCN(c3cc(F)c(-c4ccc(OCc5ccccc5)nc4OCc4ccccc4)c(F)c3)CC2)C(=O)C1. The zero-order valence-corrected chi connectivity index (χ0v) is 28.6. The molecule has 1 aromatic heterocycles. The maximum Gasteiger partial charge on any atom is 0.410 e. The molecule has 11 heteroatoms. The molecule has 2 amide bonds. The van der Waals surface area contributed by atoms with Crippen LogP contribution in [0.4, 0.5) is 19.3 Å². The van der Waals surface area contributed by atoms with E-state index in [0.29, 0.717) is 44.7 Å². The van der Waals surface area contributed by atoms with E-state index in [2.05, 4.69) is 4.98 Å². The van der Waals surface area contributed by atoms with Gasteiger partial charge in [0.1, 0.15) is 37.0 Å². The van der Waals surface area contributed by atoms with Crippen molar-refractivity contribution in [1.29, 1.82) is 0 Å². The molecule has 0 saturated carbocycles. The maximum atomic E-state index is 15.9. The van der Waals surface area contributed by atoms with Crippen LogP contribution in [0.5, 0.6) is 11.8 Å². The highest BCUT2D eigenvalue weighted by Gasteiger charge is 2.35. The average Bonchev–Trinajstić information content (AvgIpc) is 3.10. The molecule has 2 aliphatic heterocycles. The summed E-state index contributed by atoms with van der Waals surface area (Å²) in [7, 11) is 0. The van der Waals surface area contributed by atoms with Crippen LogP contribution in [0.2, 0.25) is 0 Å². The lowest BCUT2D eigenvalue weighted by Gasteiger charge is -2.43. The van der Waals surface area contributed by atoms with E-state index in [4.69, 9.17) is 14.2 Å². The molecule has 3 aromatic carbocycles. The molecule has 0 unspecified atom stereocenters. The van der Waals surface area contributed by atoms with Gasteiger partial charge in [0.2, 0.25) is 17.7 Å². The van der Waals surface area contributed by atoms with E-state index >= 15 is 8.78 Å². The summed E-state index contributed by atoms with van der Waals surface area (Å²) < 4.78 is 49.2. The zero-order valence-electron chi connectivity index (χ0n) is 28.6. The minimum absolute atomic E-state index is 0.0217. The van der Waals surface area contributed by atoms with Crippen LogP contribution >= 0.6 is 0 Å². The molecule has 0 atom stereocenters. The van der Waals surface area contributed by atoms with E-state index in [1.54, 1.807) is 32.9 Å². The molecule has 2 aliphatic rings. The highest BCUT2D eigenvalue weighted by Crippen LogP contribution is 2.37. The predicted octanol–water partition coefficient (Wildman–Crippen LogP) is 7.23. The van der Waals surface area contributed by atoms with Crippen molar-refractivity contribution >= 4 is 17.7 Å². The van der Waals surface area contributed by atoms with Crippen molar-refractivity contribution in [2.75, 3.05) is 37.6 Å². The van der Waals surface area contributed by atoms with Crippen molar-refractivity contribution in [2.45, 2.75) is 58.5 Å². The van der Waals surface area contributed by atoms with Crippen LogP contribution in [0.25, 0.3) is 11.1 Å². The molecule has 4 aromatic rings. The first-order chi connectivity index (χ1) is 24.0. The van der Waals surface area contributed by atoms with Crippen molar-refractivity contribution < 1.29 is 32.6 Å². The molecule has 50 heavy (non-hydrogen) atoms. The Bertz CT molecular complexity index is 1770. The van der Waals surface area contributed by atoms with Gasteiger partial charge in [0.25, 0.3) is 0 Å². The monoisotopic (exact) mass is 684 g/mol. The Hall–Kier alpha value is -5.19. The summed E-state index contributed by atoms with van der Waals surface area (Å²) >= 11 is 0. The fourth-order valence-electron chi connectivity index (χ4n) is 6.25. The van der Waals surface area contributed by atoms with Gasteiger partial charge in [0.15, 0.2) is 0 Å². The number of carbonyl (C=O) groups is 2. The zero-order chi connectivity index (χ0) is 35.3. The van der Waals surface area contributed by atoms with E-state index in [1.165, 1.54) is 17.0 Å². The van der Waals surface area contributed by atoms with Crippen molar-refractivity contribution in [3.63, 3.8) is 0 Å². The minimum Gasteiger partial charge on any atom is -0.473 e. The fourth-order valence-corrected chi connectivity index (χ4v) is 6.25. The molecule has 0 N–H and O–H groups in total. The van der Waals surface area contributed by atoms with Gasteiger partial charge in [0.05, 0.1) is 11.1 Å². The number of hydrogen-bond donors (Lipinski definition) is 0. The second-order valence-electron chi connectivity index (χ2n) is 13.5. The van der Waals surface area contributed by atoms with E-state index in [1.807, 2.05) is 70.5 Å². The third kappa shape index (κ3) is 8.50. The number of pyridine rings is 1. The molecule has 6 rings (SSSR count). The Labute approximate surface area is 291 Å². The van der Waals surface area contributed by atoms with E-state index in [9.17, 15) is 9.59 Å². The smallest absolute Gasteiger partial charge is 0.410 e. The first-order valence-corrected chi connectivity index (χ1v) is 16.9. The van der Waals surface area contributed by atoms with Crippen molar-refractivity contribution in [1.82, 2.24) is 14.8 Å². The second kappa shape index (κ2) is 15.1. The molecular weight excluding hydrogens is 642 g/mol. The molecule has 2 saturated heterocycles. The molecule has 3 heterocycles. The number of anilines is 1. The maximum absolute atomic E-state index is 15.9. The Kier molecular flexibility index (Phi) is 10.5. The van der Waals surface area contributed by atoms with Crippen molar-refractivity contribution in [3.05, 3.63) is 108 Å². The number of piperazine rings is 1. The Balaban J connectivity index is 1.14. The third-order valence-electron chi connectivity index (χ3n) is 8.76. The van der Waals surface area contributed by atoms with Crippen molar-refractivity contribution in [2.24, 2.45) is 0 Å². The number of hydrogen-bond acceptors (Lipinski definition) is 7. The molecule has 0 radical (unpaired) electrons. The molecule has 262 valence electrons. The van der Waals surface area contributed by atoms with Gasteiger partial charge in [0, 0.05) is 44.0 Å². The molecule has 0 aliphatic carbocycles. The summed E-state index contributed by atoms with van der Waals surface area (Å²) in [5, 5.41) is 0. The highest BCUT2D eigenvalue weighted by molar-refractivity contribution is 5.84. The van der Waals surface area contributed by atoms with Gasteiger partial charge >= 0.3 is 6.09 Å². The molecule has 9 nitrogen and oxygen atoms in total. The summed E-state index contributed by atoms with van der Waals surface area (Å²) in [4.78, 5) is 35.2. The second-order valence-corrected chi connectivity index (χ2v) is 13.5. The van der Waals surface area contributed by atoms with E-state index in [-0.39, 0.29) is 54.6 Å². The van der Waals surface area contributed by atoms with Gasteiger partial charge in [-0.25, -0.2) is 13.6 Å². The Morgan fingerprint density at radius 2 is 1.42 bits per heavy atom. The first-order valence-electron chi connectivity index (χ1n) is 16.9. The van der Waals surface area contributed by atoms with Gasteiger partial charge in [-0.1, -0.05) is 60.7 Å². The summed E-state index contributed by atoms with van der Waals surface area (Å²) in [5.74, 6) is -1.27. The van der Waals surface area contributed by atoms with Crippen LogP contribution in [0.3, 0.4) is 0 Å². The van der Waals surface area contributed by atoms with Gasteiger partial charge in [-0.2, -0.15) is 4.98 Å². The summed E-state index contributed by atoms with van der Waals surface area (Å²) in [6.07, 6.45) is 0.773.